The number of nitrogens with one attached hydrogen (secondary N) is 1. The summed E-state index contributed by atoms with van der Waals surface area (Å²) in [6, 6.07) is 8.15. The highest BCUT2D eigenvalue weighted by Crippen LogP contribution is 2.38. The van der Waals surface area contributed by atoms with Gasteiger partial charge in [0, 0.05) is 19.0 Å². The summed E-state index contributed by atoms with van der Waals surface area (Å²) in [4.78, 5) is 12.6. The van der Waals surface area contributed by atoms with E-state index in [4.69, 9.17) is 5.73 Å². The maximum absolute atomic E-state index is 12.6. The smallest absolute Gasteiger partial charge is 0.223 e. The predicted molar refractivity (Wildman–Crippen MR) is 91.0 cm³/mol. The largest absolute Gasteiger partial charge is 0.352 e. The van der Waals surface area contributed by atoms with Gasteiger partial charge < -0.3 is 11.1 Å². The summed E-state index contributed by atoms with van der Waals surface area (Å²) in [7, 11) is 0. The molecular formula is C19H30N2O. The summed E-state index contributed by atoms with van der Waals surface area (Å²) in [6.07, 6.45) is 3.47. The summed E-state index contributed by atoms with van der Waals surface area (Å²) < 4.78 is 0. The standard InChI is InChI=1S/C19H30N2O/c1-13(2)17-9-4-14(3)10-18(17)19(22)21-12-16-7-5-15(11-20)6-8-16/h5-8,13-14,17-18H,4,9-12,20H2,1-3H3,(H,21,22)/t14-,17+,18-/m1/s1. The van der Waals surface area contributed by atoms with Crippen molar-refractivity contribution in [2.45, 2.75) is 53.1 Å². The number of hydrogen-bond acceptors (Lipinski definition) is 2. The highest BCUT2D eigenvalue weighted by atomic mass is 16.1. The van der Waals surface area contributed by atoms with Gasteiger partial charge in [0.15, 0.2) is 0 Å². The molecule has 1 amide bonds. The second-order valence-corrected chi connectivity index (χ2v) is 7.17. The first-order valence-electron chi connectivity index (χ1n) is 8.56. The van der Waals surface area contributed by atoms with E-state index in [-0.39, 0.29) is 11.8 Å². The normalized spacial score (nSPS) is 25.2. The van der Waals surface area contributed by atoms with Crippen molar-refractivity contribution in [2.75, 3.05) is 0 Å². The van der Waals surface area contributed by atoms with E-state index in [0.29, 0.717) is 30.8 Å². The fourth-order valence-corrected chi connectivity index (χ4v) is 3.62. The van der Waals surface area contributed by atoms with Gasteiger partial charge in [-0.3, -0.25) is 4.79 Å². The third-order valence-corrected chi connectivity index (χ3v) is 5.08. The minimum absolute atomic E-state index is 0.173. The lowest BCUT2D eigenvalue weighted by molar-refractivity contribution is -0.129. The van der Waals surface area contributed by atoms with E-state index in [0.717, 1.165) is 17.5 Å². The molecule has 2 rings (SSSR count). The molecule has 0 heterocycles. The van der Waals surface area contributed by atoms with Crippen LogP contribution < -0.4 is 11.1 Å². The Morgan fingerprint density at radius 3 is 2.45 bits per heavy atom. The fraction of sp³-hybridized carbons (Fsp3) is 0.632. The maximum Gasteiger partial charge on any atom is 0.223 e. The van der Waals surface area contributed by atoms with Crippen LogP contribution in [0.2, 0.25) is 0 Å². The Morgan fingerprint density at radius 2 is 1.86 bits per heavy atom. The SMILES string of the molecule is CC(C)[C@@H]1CC[C@@H](C)C[C@H]1C(=O)NCc1ccc(CN)cc1. The Hall–Kier alpha value is -1.35. The van der Waals surface area contributed by atoms with Crippen molar-refractivity contribution in [3.8, 4) is 0 Å². The lowest BCUT2D eigenvalue weighted by atomic mass is 9.70. The average Bonchev–Trinajstić information content (AvgIpc) is 2.52. The first kappa shape index (κ1) is 17.0. The van der Waals surface area contributed by atoms with Crippen molar-refractivity contribution in [3.63, 3.8) is 0 Å². The number of hydrogen-bond donors (Lipinski definition) is 2. The van der Waals surface area contributed by atoms with Crippen molar-refractivity contribution < 1.29 is 4.79 Å². The highest BCUT2D eigenvalue weighted by molar-refractivity contribution is 5.79. The average molecular weight is 302 g/mol. The van der Waals surface area contributed by atoms with Crippen LogP contribution in [-0.4, -0.2) is 5.91 Å². The molecule has 1 aliphatic rings. The zero-order chi connectivity index (χ0) is 16.1. The van der Waals surface area contributed by atoms with Gasteiger partial charge in [-0.05, 0) is 41.7 Å². The van der Waals surface area contributed by atoms with Crippen LogP contribution >= 0.6 is 0 Å². The van der Waals surface area contributed by atoms with E-state index in [9.17, 15) is 4.79 Å². The molecule has 122 valence electrons. The number of nitrogens with two attached hydrogens (primary N) is 1. The fourth-order valence-electron chi connectivity index (χ4n) is 3.62. The Kier molecular flexibility index (Phi) is 6.01. The second-order valence-electron chi connectivity index (χ2n) is 7.17. The van der Waals surface area contributed by atoms with E-state index in [2.05, 4.69) is 26.1 Å². The summed E-state index contributed by atoms with van der Waals surface area (Å²) in [6.45, 7) is 7.92. The monoisotopic (exact) mass is 302 g/mol. The first-order chi connectivity index (χ1) is 10.5. The van der Waals surface area contributed by atoms with Gasteiger partial charge >= 0.3 is 0 Å². The molecule has 1 aliphatic carbocycles. The van der Waals surface area contributed by atoms with Gasteiger partial charge in [0.2, 0.25) is 5.91 Å². The molecule has 3 heteroatoms. The van der Waals surface area contributed by atoms with Crippen LogP contribution in [-0.2, 0) is 17.9 Å². The van der Waals surface area contributed by atoms with Crippen LogP contribution in [0.25, 0.3) is 0 Å². The highest BCUT2D eigenvalue weighted by Gasteiger charge is 2.35. The summed E-state index contributed by atoms with van der Waals surface area (Å²) in [5.41, 5.74) is 7.86. The molecule has 0 bridgehead atoms. The Morgan fingerprint density at radius 1 is 1.23 bits per heavy atom. The summed E-state index contributed by atoms with van der Waals surface area (Å²) >= 11 is 0. The molecule has 1 aromatic carbocycles. The van der Waals surface area contributed by atoms with E-state index in [1.807, 2.05) is 24.3 Å². The zero-order valence-corrected chi connectivity index (χ0v) is 14.1. The molecule has 0 saturated heterocycles. The second kappa shape index (κ2) is 7.77. The Balaban J connectivity index is 1.94. The number of carbonyl (C=O) groups is 1. The van der Waals surface area contributed by atoms with Crippen LogP contribution in [0.5, 0.6) is 0 Å². The molecule has 0 aliphatic heterocycles. The van der Waals surface area contributed by atoms with Gasteiger partial charge in [0.1, 0.15) is 0 Å². The molecule has 0 aromatic heterocycles. The van der Waals surface area contributed by atoms with E-state index in [1.165, 1.54) is 12.8 Å². The van der Waals surface area contributed by atoms with Crippen LogP contribution in [0.4, 0.5) is 0 Å². The number of amides is 1. The lowest BCUT2D eigenvalue weighted by Gasteiger charge is -2.36. The van der Waals surface area contributed by atoms with Crippen molar-refractivity contribution in [2.24, 2.45) is 29.4 Å². The molecule has 0 unspecified atom stereocenters. The van der Waals surface area contributed by atoms with Gasteiger partial charge in [0.25, 0.3) is 0 Å². The first-order valence-corrected chi connectivity index (χ1v) is 8.56. The van der Waals surface area contributed by atoms with Crippen LogP contribution in [0.3, 0.4) is 0 Å². The van der Waals surface area contributed by atoms with Crippen LogP contribution in [0.1, 0.15) is 51.2 Å². The van der Waals surface area contributed by atoms with E-state index in [1.54, 1.807) is 0 Å². The lowest BCUT2D eigenvalue weighted by Crippen LogP contribution is -2.39. The summed E-state index contributed by atoms with van der Waals surface area (Å²) in [5, 5.41) is 3.14. The van der Waals surface area contributed by atoms with E-state index < -0.39 is 0 Å². The Bertz CT molecular complexity index is 481. The minimum atomic E-state index is 0.173. The van der Waals surface area contributed by atoms with Gasteiger partial charge in [-0.1, -0.05) is 51.5 Å². The molecule has 1 aromatic rings. The zero-order valence-electron chi connectivity index (χ0n) is 14.1. The van der Waals surface area contributed by atoms with Gasteiger partial charge in [-0.15, -0.1) is 0 Å². The number of carbonyl (C=O) groups excluding carboxylic acids is 1. The molecule has 22 heavy (non-hydrogen) atoms. The van der Waals surface area contributed by atoms with Gasteiger partial charge in [0.05, 0.1) is 0 Å². The molecule has 0 spiro atoms. The van der Waals surface area contributed by atoms with Crippen LogP contribution in [0.15, 0.2) is 24.3 Å². The molecule has 3 atom stereocenters. The maximum atomic E-state index is 12.6. The molecule has 1 saturated carbocycles. The molecule has 3 nitrogen and oxygen atoms in total. The topological polar surface area (TPSA) is 55.1 Å². The molecule has 0 radical (unpaired) electrons. The van der Waals surface area contributed by atoms with Crippen molar-refractivity contribution >= 4 is 5.91 Å². The quantitative estimate of drug-likeness (QED) is 0.875. The molecular weight excluding hydrogens is 272 g/mol. The number of rotatable bonds is 5. The van der Waals surface area contributed by atoms with E-state index >= 15 is 0 Å². The Labute approximate surface area is 134 Å². The molecule has 1 fully saturated rings. The van der Waals surface area contributed by atoms with Crippen molar-refractivity contribution in [1.29, 1.82) is 0 Å². The van der Waals surface area contributed by atoms with Crippen LogP contribution in [0, 0.1) is 23.7 Å². The summed E-state index contributed by atoms with van der Waals surface area (Å²) in [5.74, 6) is 2.16. The van der Waals surface area contributed by atoms with Crippen molar-refractivity contribution in [1.82, 2.24) is 5.32 Å². The third-order valence-electron chi connectivity index (χ3n) is 5.08. The van der Waals surface area contributed by atoms with Crippen molar-refractivity contribution in [3.05, 3.63) is 35.4 Å². The van der Waals surface area contributed by atoms with Gasteiger partial charge in [-0.2, -0.15) is 0 Å². The third kappa shape index (κ3) is 4.33. The molecule has 3 N–H and O–H groups in total. The van der Waals surface area contributed by atoms with Gasteiger partial charge in [-0.25, -0.2) is 0 Å². The minimum Gasteiger partial charge on any atom is -0.352 e. The predicted octanol–water partition coefficient (Wildman–Crippen LogP) is 3.47. The number of benzene rings is 1.